The number of carboxylic acids is 1. The highest BCUT2D eigenvalue weighted by molar-refractivity contribution is 5.85. The van der Waals surface area contributed by atoms with E-state index in [1.54, 1.807) is 0 Å². The molecule has 0 heterocycles. The molecule has 1 aromatic rings. The highest BCUT2D eigenvalue weighted by atomic mass is 35.5. The van der Waals surface area contributed by atoms with Gasteiger partial charge in [-0.2, -0.15) is 0 Å². The van der Waals surface area contributed by atoms with Gasteiger partial charge in [0.1, 0.15) is 0 Å². The summed E-state index contributed by atoms with van der Waals surface area (Å²) in [5.74, 6) is -0.826. The summed E-state index contributed by atoms with van der Waals surface area (Å²) in [6.45, 7) is 0.748. The van der Waals surface area contributed by atoms with Gasteiger partial charge in [-0.3, -0.25) is 4.79 Å². The van der Waals surface area contributed by atoms with Crippen molar-refractivity contribution in [1.29, 1.82) is 0 Å². The second kappa shape index (κ2) is 7.35. The minimum atomic E-state index is -0.826. The molecule has 14 heavy (non-hydrogen) atoms. The molecule has 0 saturated heterocycles. The molecule has 0 aromatic heterocycles. The van der Waals surface area contributed by atoms with Gasteiger partial charge in [-0.15, -0.1) is 12.4 Å². The molecule has 0 amide bonds. The second-order valence-corrected chi connectivity index (χ2v) is 2.68. The van der Waals surface area contributed by atoms with Gasteiger partial charge >= 0.3 is 5.97 Å². The van der Waals surface area contributed by atoms with Crippen LogP contribution in [-0.2, 0) is 16.1 Å². The van der Waals surface area contributed by atoms with Gasteiger partial charge in [0, 0.05) is 0 Å². The average molecular weight is 217 g/mol. The quantitative estimate of drug-likeness (QED) is 0.767. The molecule has 0 saturated carbocycles. The SMILES string of the molecule is Cl.O=C(O)CCOCc1ccccc1. The van der Waals surface area contributed by atoms with Gasteiger partial charge in [-0.05, 0) is 5.56 Å². The number of carbonyl (C=O) groups is 1. The Kier molecular flexibility index (Phi) is 6.80. The molecule has 4 heteroatoms. The third kappa shape index (κ3) is 5.56. The topological polar surface area (TPSA) is 46.5 Å². The third-order valence-corrected chi connectivity index (χ3v) is 1.57. The normalized spacial score (nSPS) is 9.14. The van der Waals surface area contributed by atoms with Gasteiger partial charge in [0.05, 0.1) is 19.6 Å². The van der Waals surface area contributed by atoms with E-state index in [1.807, 2.05) is 30.3 Å². The van der Waals surface area contributed by atoms with Crippen LogP contribution in [0.1, 0.15) is 12.0 Å². The molecule has 1 rings (SSSR count). The predicted octanol–water partition coefficient (Wildman–Crippen LogP) is 2.10. The standard InChI is InChI=1S/C10H12O3.ClH/c11-10(12)6-7-13-8-9-4-2-1-3-5-9;/h1-5H,6-8H2,(H,11,12);1H. The summed E-state index contributed by atoms with van der Waals surface area (Å²) in [6.07, 6.45) is 0.0623. The van der Waals surface area contributed by atoms with Gasteiger partial charge in [0.2, 0.25) is 0 Å². The van der Waals surface area contributed by atoms with Crippen LogP contribution in [0.4, 0.5) is 0 Å². The Morgan fingerprint density at radius 2 is 1.93 bits per heavy atom. The molecule has 78 valence electrons. The first kappa shape index (κ1) is 12.9. The molecule has 0 atom stereocenters. The lowest BCUT2D eigenvalue weighted by atomic mass is 10.2. The molecule has 0 aliphatic carbocycles. The first-order valence-electron chi connectivity index (χ1n) is 4.12. The zero-order valence-corrected chi connectivity index (χ0v) is 8.50. The number of benzene rings is 1. The minimum Gasteiger partial charge on any atom is -0.481 e. The number of carboxylic acid groups (broad SMARTS) is 1. The van der Waals surface area contributed by atoms with E-state index in [2.05, 4.69) is 0 Å². The van der Waals surface area contributed by atoms with Gasteiger partial charge in [0.15, 0.2) is 0 Å². The van der Waals surface area contributed by atoms with Crippen molar-refractivity contribution in [2.75, 3.05) is 6.61 Å². The van der Waals surface area contributed by atoms with Crippen molar-refractivity contribution in [2.45, 2.75) is 13.0 Å². The first-order valence-corrected chi connectivity index (χ1v) is 4.12. The maximum absolute atomic E-state index is 10.1. The van der Waals surface area contributed by atoms with Crippen LogP contribution >= 0.6 is 12.4 Å². The molecule has 0 unspecified atom stereocenters. The molecular formula is C10H13ClO3. The number of hydrogen-bond acceptors (Lipinski definition) is 2. The fourth-order valence-corrected chi connectivity index (χ4v) is 0.924. The van der Waals surface area contributed by atoms with Crippen molar-refractivity contribution in [3.8, 4) is 0 Å². The van der Waals surface area contributed by atoms with Crippen molar-refractivity contribution in [2.24, 2.45) is 0 Å². The molecule has 0 radical (unpaired) electrons. The zero-order valence-electron chi connectivity index (χ0n) is 7.68. The second-order valence-electron chi connectivity index (χ2n) is 2.68. The average Bonchev–Trinajstić information content (AvgIpc) is 2.14. The monoisotopic (exact) mass is 216 g/mol. The van der Waals surface area contributed by atoms with Crippen LogP contribution in [0.25, 0.3) is 0 Å². The number of aliphatic carboxylic acids is 1. The lowest BCUT2D eigenvalue weighted by Gasteiger charge is -2.01. The highest BCUT2D eigenvalue weighted by Gasteiger charge is 1.96. The summed E-state index contributed by atoms with van der Waals surface area (Å²) in [5, 5.41) is 8.33. The maximum Gasteiger partial charge on any atom is 0.305 e. The van der Waals surface area contributed by atoms with Crippen LogP contribution in [-0.4, -0.2) is 17.7 Å². The molecule has 0 fully saturated rings. The maximum atomic E-state index is 10.1. The summed E-state index contributed by atoms with van der Waals surface area (Å²) < 4.78 is 5.15. The van der Waals surface area contributed by atoms with Gasteiger partial charge in [-0.1, -0.05) is 30.3 Å². The van der Waals surface area contributed by atoms with Crippen molar-refractivity contribution < 1.29 is 14.6 Å². The lowest BCUT2D eigenvalue weighted by Crippen LogP contribution is -2.02. The van der Waals surface area contributed by atoms with Crippen molar-refractivity contribution in [3.05, 3.63) is 35.9 Å². The lowest BCUT2D eigenvalue weighted by molar-refractivity contribution is -0.138. The molecule has 0 aliphatic rings. The summed E-state index contributed by atoms with van der Waals surface area (Å²) in [5.41, 5.74) is 1.06. The predicted molar refractivity (Wildman–Crippen MR) is 55.6 cm³/mol. The van der Waals surface area contributed by atoms with E-state index in [0.717, 1.165) is 5.56 Å². The van der Waals surface area contributed by atoms with Crippen LogP contribution in [0.2, 0.25) is 0 Å². The highest BCUT2D eigenvalue weighted by Crippen LogP contribution is 2.00. The van der Waals surface area contributed by atoms with Crippen molar-refractivity contribution >= 4 is 18.4 Å². The largest absolute Gasteiger partial charge is 0.481 e. The number of halogens is 1. The molecule has 0 aliphatic heterocycles. The van der Waals surface area contributed by atoms with E-state index in [4.69, 9.17) is 9.84 Å². The first-order chi connectivity index (χ1) is 6.29. The Labute approximate surface area is 89.1 Å². The summed E-state index contributed by atoms with van der Waals surface area (Å²) in [4.78, 5) is 10.1. The fourth-order valence-electron chi connectivity index (χ4n) is 0.924. The van der Waals surface area contributed by atoms with Crippen LogP contribution in [0.5, 0.6) is 0 Å². The van der Waals surface area contributed by atoms with E-state index >= 15 is 0 Å². The van der Waals surface area contributed by atoms with E-state index in [0.29, 0.717) is 6.61 Å². The Hall–Kier alpha value is -1.06. The minimum absolute atomic E-state index is 0. The summed E-state index contributed by atoms with van der Waals surface area (Å²) in [7, 11) is 0. The Balaban J connectivity index is 0.00000169. The van der Waals surface area contributed by atoms with E-state index in [-0.39, 0.29) is 25.4 Å². The zero-order chi connectivity index (χ0) is 9.52. The molecular weight excluding hydrogens is 204 g/mol. The molecule has 0 spiro atoms. The van der Waals surface area contributed by atoms with Crippen LogP contribution < -0.4 is 0 Å². The summed E-state index contributed by atoms with van der Waals surface area (Å²) in [6, 6.07) is 9.67. The Morgan fingerprint density at radius 3 is 2.50 bits per heavy atom. The Bertz CT molecular complexity index is 261. The van der Waals surface area contributed by atoms with E-state index in [9.17, 15) is 4.79 Å². The number of ether oxygens (including phenoxy) is 1. The van der Waals surface area contributed by atoms with Gasteiger partial charge < -0.3 is 9.84 Å². The molecule has 1 aromatic carbocycles. The van der Waals surface area contributed by atoms with E-state index in [1.165, 1.54) is 0 Å². The number of hydrogen-bond donors (Lipinski definition) is 1. The Morgan fingerprint density at radius 1 is 1.29 bits per heavy atom. The molecule has 1 N–H and O–H groups in total. The fraction of sp³-hybridized carbons (Fsp3) is 0.300. The van der Waals surface area contributed by atoms with E-state index < -0.39 is 5.97 Å². The summed E-state index contributed by atoms with van der Waals surface area (Å²) >= 11 is 0. The van der Waals surface area contributed by atoms with Gasteiger partial charge in [0.25, 0.3) is 0 Å². The van der Waals surface area contributed by atoms with Crippen LogP contribution in [0.3, 0.4) is 0 Å². The van der Waals surface area contributed by atoms with Crippen molar-refractivity contribution in [1.82, 2.24) is 0 Å². The third-order valence-electron chi connectivity index (χ3n) is 1.57. The van der Waals surface area contributed by atoms with Crippen LogP contribution in [0.15, 0.2) is 30.3 Å². The van der Waals surface area contributed by atoms with Gasteiger partial charge in [-0.25, -0.2) is 0 Å². The molecule has 3 nitrogen and oxygen atoms in total. The molecule has 0 bridgehead atoms. The smallest absolute Gasteiger partial charge is 0.305 e. The number of rotatable bonds is 5. The van der Waals surface area contributed by atoms with Crippen LogP contribution in [0, 0.1) is 0 Å². The van der Waals surface area contributed by atoms with Crippen molar-refractivity contribution in [3.63, 3.8) is 0 Å².